The maximum Gasteiger partial charge on any atom is 0.133 e. The summed E-state index contributed by atoms with van der Waals surface area (Å²) in [7, 11) is 4.02. The van der Waals surface area contributed by atoms with E-state index in [-0.39, 0.29) is 5.82 Å². The van der Waals surface area contributed by atoms with Crippen molar-refractivity contribution >= 4 is 15.9 Å². The molecule has 23 heavy (non-hydrogen) atoms. The molecular formula is C17H16BrFN4. The monoisotopic (exact) mass is 374 g/mol. The van der Waals surface area contributed by atoms with Crippen LogP contribution in [0.5, 0.6) is 0 Å². The predicted molar refractivity (Wildman–Crippen MR) is 91.8 cm³/mol. The number of para-hydroxylation sites is 1. The third kappa shape index (κ3) is 3.48. The van der Waals surface area contributed by atoms with E-state index in [0.29, 0.717) is 15.7 Å². The number of benzene rings is 2. The van der Waals surface area contributed by atoms with Crippen molar-refractivity contribution in [3.63, 3.8) is 0 Å². The molecule has 0 fully saturated rings. The fraction of sp³-hybridized carbons (Fsp3) is 0.176. The molecule has 6 heteroatoms. The SMILES string of the molecule is CN(C)Cc1ccccc1-n1ncc(-c2ccc(Br)cc2F)n1. The van der Waals surface area contributed by atoms with Crippen LogP contribution in [-0.4, -0.2) is 34.0 Å². The number of halogens is 2. The zero-order valence-electron chi connectivity index (χ0n) is 12.9. The van der Waals surface area contributed by atoms with Crippen LogP contribution in [-0.2, 0) is 6.54 Å². The first-order valence-corrected chi connectivity index (χ1v) is 7.94. The molecule has 1 heterocycles. The van der Waals surface area contributed by atoms with Crippen molar-refractivity contribution in [1.29, 1.82) is 0 Å². The van der Waals surface area contributed by atoms with Crippen molar-refractivity contribution in [3.8, 4) is 16.9 Å². The maximum atomic E-state index is 14.1. The molecule has 3 aromatic rings. The third-order valence-corrected chi connectivity index (χ3v) is 3.89. The fourth-order valence-corrected chi connectivity index (χ4v) is 2.71. The molecule has 0 saturated heterocycles. The van der Waals surface area contributed by atoms with Crippen LogP contribution >= 0.6 is 15.9 Å². The molecule has 118 valence electrons. The molecule has 0 N–H and O–H groups in total. The Morgan fingerprint density at radius 1 is 1.17 bits per heavy atom. The second kappa shape index (κ2) is 6.60. The van der Waals surface area contributed by atoms with Gasteiger partial charge >= 0.3 is 0 Å². The number of hydrogen-bond donors (Lipinski definition) is 0. The summed E-state index contributed by atoms with van der Waals surface area (Å²) < 4.78 is 14.8. The minimum Gasteiger partial charge on any atom is -0.305 e. The van der Waals surface area contributed by atoms with Crippen molar-refractivity contribution in [2.45, 2.75) is 6.54 Å². The van der Waals surface area contributed by atoms with Crippen LogP contribution in [0.25, 0.3) is 16.9 Å². The van der Waals surface area contributed by atoms with Gasteiger partial charge in [-0.15, -0.1) is 5.10 Å². The standard InChI is InChI=1S/C17H16BrFN4/c1-22(2)11-12-5-3-4-6-17(12)23-20-10-16(21-23)14-8-7-13(18)9-15(14)19/h3-10H,11H2,1-2H3. The Kier molecular flexibility index (Phi) is 4.54. The van der Waals surface area contributed by atoms with E-state index < -0.39 is 0 Å². The van der Waals surface area contributed by atoms with Crippen LogP contribution in [0.4, 0.5) is 4.39 Å². The van der Waals surface area contributed by atoms with Gasteiger partial charge in [0.1, 0.15) is 11.5 Å². The summed E-state index contributed by atoms with van der Waals surface area (Å²) in [6.07, 6.45) is 1.58. The van der Waals surface area contributed by atoms with E-state index in [1.807, 2.05) is 38.4 Å². The molecule has 0 aliphatic carbocycles. The Morgan fingerprint density at radius 2 is 1.96 bits per heavy atom. The average molecular weight is 375 g/mol. The molecule has 3 rings (SSSR count). The van der Waals surface area contributed by atoms with Gasteiger partial charge in [-0.2, -0.15) is 9.90 Å². The third-order valence-electron chi connectivity index (χ3n) is 3.39. The summed E-state index contributed by atoms with van der Waals surface area (Å²) in [5.74, 6) is -0.326. The minimum absolute atomic E-state index is 0.326. The molecule has 0 aliphatic heterocycles. The normalized spacial score (nSPS) is 11.2. The first kappa shape index (κ1) is 15.8. The Balaban J connectivity index is 1.99. The summed E-state index contributed by atoms with van der Waals surface area (Å²) in [6, 6.07) is 12.8. The lowest BCUT2D eigenvalue weighted by atomic mass is 10.1. The minimum atomic E-state index is -0.326. The molecule has 4 nitrogen and oxygen atoms in total. The Bertz CT molecular complexity index is 829. The quantitative estimate of drug-likeness (QED) is 0.694. The zero-order chi connectivity index (χ0) is 16.4. The molecule has 2 aromatic carbocycles. The van der Waals surface area contributed by atoms with Crippen LogP contribution in [0.2, 0.25) is 0 Å². The van der Waals surface area contributed by atoms with Gasteiger partial charge in [0.15, 0.2) is 0 Å². The zero-order valence-corrected chi connectivity index (χ0v) is 14.5. The van der Waals surface area contributed by atoms with Crippen molar-refractivity contribution in [2.24, 2.45) is 0 Å². The molecule has 0 atom stereocenters. The van der Waals surface area contributed by atoms with Crippen LogP contribution < -0.4 is 0 Å². The van der Waals surface area contributed by atoms with Crippen molar-refractivity contribution in [2.75, 3.05) is 14.1 Å². The van der Waals surface area contributed by atoms with Crippen LogP contribution in [0.1, 0.15) is 5.56 Å². The molecular weight excluding hydrogens is 359 g/mol. The summed E-state index contributed by atoms with van der Waals surface area (Å²) in [5.41, 5.74) is 2.94. The van der Waals surface area contributed by atoms with Gasteiger partial charge < -0.3 is 4.90 Å². The van der Waals surface area contributed by atoms with Gasteiger partial charge in [0, 0.05) is 16.6 Å². The summed E-state index contributed by atoms with van der Waals surface area (Å²) in [5, 5.41) is 8.74. The summed E-state index contributed by atoms with van der Waals surface area (Å²) in [4.78, 5) is 3.63. The smallest absolute Gasteiger partial charge is 0.133 e. The van der Waals surface area contributed by atoms with E-state index in [1.165, 1.54) is 6.07 Å². The van der Waals surface area contributed by atoms with Gasteiger partial charge in [-0.05, 0) is 43.9 Å². The number of aromatic nitrogens is 3. The summed E-state index contributed by atoms with van der Waals surface area (Å²) >= 11 is 3.26. The van der Waals surface area contributed by atoms with E-state index >= 15 is 0 Å². The Labute approximate surface area is 142 Å². The maximum absolute atomic E-state index is 14.1. The van der Waals surface area contributed by atoms with E-state index in [2.05, 4.69) is 31.0 Å². The van der Waals surface area contributed by atoms with Gasteiger partial charge in [0.2, 0.25) is 0 Å². The Hall–Kier alpha value is -2.05. The molecule has 0 spiro atoms. The molecule has 0 amide bonds. The molecule has 0 saturated carbocycles. The first-order chi connectivity index (χ1) is 11.0. The summed E-state index contributed by atoms with van der Waals surface area (Å²) in [6.45, 7) is 0.777. The second-order valence-corrected chi connectivity index (χ2v) is 6.43. The van der Waals surface area contributed by atoms with Gasteiger partial charge in [-0.25, -0.2) is 4.39 Å². The van der Waals surface area contributed by atoms with Crippen molar-refractivity contribution in [1.82, 2.24) is 19.9 Å². The number of nitrogens with zero attached hydrogens (tertiary/aromatic N) is 4. The van der Waals surface area contributed by atoms with Gasteiger partial charge in [0.25, 0.3) is 0 Å². The fourth-order valence-electron chi connectivity index (χ4n) is 2.38. The number of hydrogen-bond acceptors (Lipinski definition) is 3. The van der Waals surface area contributed by atoms with E-state index in [0.717, 1.165) is 17.8 Å². The largest absolute Gasteiger partial charge is 0.305 e. The van der Waals surface area contributed by atoms with E-state index in [1.54, 1.807) is 23.1 Å². The predicted octanol–water partition coefficient (Wildman–Crippen LogP) is 3.90. The highest BCUT2D eigenvalue weighted by Crippen LogP contribution is 2.24. The van der Waals surface area contributed by atoms with Crippen molar-refractivity contribution < 1.29 is 4.39 Å². The number of rotatable bonds is 4. The van der Waals surface area contributed by atoms with Gasteiger partial charge in [-0.1, -0.05) is 34.1 Å². The van der Waals surface area contributed by atoms with E-state index in [4.69, 9.17) is 0 Å². The van der Waals surface area contributed by atoms with Gasteiger partial charge in [-0.3, -0.25) is 0 Å². The molecule has 1 aromatic heterocycles. The second-order valence-electron chi connectivity index (χ2n) is 5.51. The Morgan fingerprint density at radius 3 is 2.70 bits per heavy atom. The molecule has 0 aliphatic rings. The van der Waals surface area contributed by atoms with Crippen molar-refractivity contribution in [3.05, 3.63) is 64.5 Å². The van der Waals surface area contributed by atoms with Crippen LogP contribution in [0.15, 0.2) is 53.1 Å². The van der Waals surface area contributed by atoms with Crippen LogP contribution in [0, 0.1) is 5.82 Å². The first-order valence-electron chi connectivity index (χ1n) is 7.15. The van der Waals surface area contributed by atoms with Crippen LogP contribution in [0.3, 0.4) is 0 Å². The molecule has 0 bridgehead atoms. The topological polar surface area (TPSA) is 34.0 Å². The highest BCUT2D eigenvalue weighted by atomic mass is 79.9. The van der Waals surface area contributed by atoms with Gasteiger partial charge in [0.05, 0.1) is 11.9 Å². The average Bonchev–Trinajstić information content (AvgIpc) is 2.96. The van der Waals surface area contributed by atoms with E-state index in [9.17, 15) is 4.39 Å². The highest BCUT2D eigenvalue weighted by molar-refractivity contribution is 9.10. The molecule has 0 unspecified atom stereocenters. The lowest BCUT2D eigenvalue weighted by molar-refractivity contribution is 0.401. The lowest BCUT2D eigenvalue weighted by Crippen LogP contribution is -2.13. The molecule has 0 radical (unpaired) electrons. The highest BCUT2D eigenvalue weighted by Gasteiger charge is 2.12. The lowest BCUT2D eigenvalue weighted by Gasteiger charge is -2.13.